The minimum Gasteiger partial charge on any atom is -0.441 e. The Morgan fingerprint density at radius 3 is 2.82 bits per heavy atom. The molecule has 2 heterocycles. The number of amides is 1. The number of aliphatic hydroxyl groups excluding tert-OH is 1. The van der Waals surface area contributed by atoms with E-state index in [4.69, 9.17) is 10.8 Å². The van der Waals surface area contributed by atoms with Crippen molar-refractivity contribution in [3.8, 4) is 23.7 Å². The topological polar surface area (TPSA) is 123 Å². The first-order valence-electron chi connectivity index (χ1n) is 12.7. The minimum atomic E-state index is -0.888. The van der Waals surface area contributed by atoms with Crippen molar-refractivity contribution in [1.29, 1.82) is 0 Å². The zero-order valence-electron chi connectivity index (χ0n) is 21.3. The van der Waals surface area contributed by atoms with Crippen LogP contribution in [0.2, 0.25) is 0 Å². The number of hydrogen-bond donors (Lipinski definition) is 3. The van der Waals surface area contributed by atoms with Crippen molar-refractivity contribution in [2.24, 2.45) is 0 Å². The van der Waals surface area contributed by atoms with Crippen LogP contribution in [0.25, 0.3) is 0 Å². The van der Waals surface area contributed by atoms with Crippen LogP contribution in [0.3, 0.4) is 0 Å². The van der Waals surface area contributed by atoms with Crippen molar-refractivity contribution in [1.82, 2.24) is 14.9 Å². The monoisotopic (exact) mass is 512 g/mol. The molecule has 1 aliphatic heterocycles. The van der Waals surface area contributed by atoms with E-state index < -0.39 is 41.9 Å². The molecule has 1 aromatic heterocycles. The lowest BCUT2D eigenvalue weighted by Crippen LogP contribution is -2.33. The Hall–Kier alpha value is -4.57. The zero-order valence-corrected chi connectivity index (χ0v) is 20.3. The summed E-state index contributed by atoms with van der Waals surface area (Å²) in [6, 6.07) is 15.2. The number of aromatic nitrogens is 2. The molecular formula is C29H25N3O6. The van der Waals surface area contributed by atoms with Gasteiger partial charge in [0.05, 0.1) is 18.8 Å². The second-order valence-electron chi connectivity index (χ2n) is 8.89. The smallest absolute Gasteiger partial charge is 0.408 e. The Bertz CT molecular complexity index is 1640. The Balaban J connectivity index is 1.27. The number of rotatable bonds is 3. The maximum Gasteiger partial charge on any atom is 0.408 e. The number of nitrogens with zero attached hydrogens (tertiary/aromatic N) is 1. The molecule has 2 aliphatic rings. The van der Waals surface area contributed by atoms with Crippen LogP contribution in [0.5, 0.6) is 0 Å². The van der Waals surface area contributed by atoms with E-state index in [1.54, 1.807) is 0 Å². The molecule has 9 heteroatoms. The van der Waals surface area contributed by atoms with E-state index in [1.165, 1.54) is 6.20 Å². The molecule has 1 saturated heterocycles. The summed E-state index contributed by atoms with van der Waals surface area (Å²) in [7, 11) is 0. The molecule has 3 N–H and O–H groups in total. The first-order chi connectivity index (χ1) is 18.9. The zero-order chi connectivity index (χ0) is 27.4. The van der Waals surface area contributed by atoms with Gasteiger partial charge in [0, 0.05) is 37.1 Å². The number of aliphatic hydroxyl groups is 1. The summed E-state index contributed by atoms with van der Waals surface area (Å²) in [4.78, 5) is 39.4. The van der Waals surface area contributed by atoms with Gasteiger partial charge in [-0.2, -0.15) is 0 Å². The largest absolute Gasteiger partial charge is 0.441 e. The van der Waals surface area contributed by atoms with E-state index in [1.807, 2.05) is 48.5 Å². The van der Waals surface area contributed by atoms with Crippen LogP contribution in [0.1, 0.15) is 54.8 Å². The van der Waals surface area contributed by atoms with Gasteiger partial charge in [0.2, 0.25) is 0 Å². The minimum absolute atomic E-state index is 0.0127. The van der Waals surface area contributed by atoms with Gasteiger partial charge in [0.1, 0.15) is 17.9 Å². The summed E-state index contributed by atoms with van der Waals surface area (Å²) < 4.78 is 19.9. The number of H-pyrrole nitrogens is 1. The molecule has 4 atom stereocenters. The third-order valence-electron chi connectivity index (χ3n) is 6.34. The van der Waals surface area contributed by atoms with E-state index in [0.717, 1.165) is 26.8 Å². The van der Waals surface area contributed by atoms with E-state index in [9.17, 15) is 19.5 Å². The molecule has 38 heavy (non-hydrogen) atoms. The lowest BCUT2D eigenvalue weighted by atomic mass is 9.92. The first kappa shape index (κ1) is 23.8. The van der Waals surface area contributed by atoms with Crippen LogP contribution in [0.4, 0.5) is 4.79 Å². The van der Waals surface area contributed by atoms with Crippen LogP contribution in [0, 0.1) is 23.7 Å². The predicted octanol–water partition coefficient (Wildman–Crippen LogP) is 1.98. The number of aromatic amines is 1. The average Bonchev–Trinajstić information content (AvgIpc) is 3.30. The lowest BCUT2D eigenvalue weighted by Gasteiger charge is -2.21. The molecule has 1 aliphatic carbocycles. The molecular weight excluding hydrogens is 486 g/mol. The number of benzene rings is 2. The van der Waals surface area contributed by atoms with Gasteiger partial charge < -0.3 is 19.9 Å². The number of ether oxygens (including phenoxy) is 2. The number of hydrogen-bond acceptors (Lipinski definition) is 6. The average molecular weight is 513 g/mol. The van der Waals surface area contributed by atoms with E-state index in [2.05, 4.69) is 34.0 Å². The van der Waals surface area contributed by atoms with Crippen LogP contribution < -0.4 is 16.6 Å². The SMILES string of the molecule is [2H]C[C@H]1O[C@@H](n2cc(C#CCNC(=O)OC3Cc4ccccc4C#Cc4ccccc43)c(=O)[nH]c2=O)CC1O. The Kier molecular flexibility index (Phi) is 6.77. The molecule has 3 aromatic rings. The van der Waals surface area contributed by atoms with Crippen molar-refractivity contribution in [3.63, 3.8) is 0 Å². The van der Waals surface area contributed by atoms with Crippen molar-refractivity contribution in [2.75, 3.05) is 6.54 Å². The summed E-state index contributed by atoms with van der Waals surface area (Å²) in [6.45, 7) is -0.266. The number of carbonyl (C=O) groups excluding carboxylic acids is 1. The number of carbonyl (C=O) groups is 1. The highest BCUT2D eigenvalue weighted by Crippen LogP contribution is 2.29. The van der Waals surface area contributed by atoms with E-state index >= 15 is 0 Å². The summed E-state index contributed by atoms with van der Waals surface area (Å²) in [5.74, 6) is 11.7. The summed E-state index contributed by atoms with van der Waals surface area (Å²) in [5, 5.41) is 12.6. The normalized spacial score (nSPS) is 21.7. The Morgan fingerprint density at radius 1 is 1.24 bits per heavy atom. The molecule has 192 valence electrons. The van der Waals surface area contributed by atoms with Gasteiger partial charge in [0.25, 0.3) is 5.56 Å². The maximum absolute atomic E-state index is 12.7. The second-order valence-corrected chi connectivity index (χ2v) is 8.89. The molecule has 0 spiro atoms. The molecule has 1 amide bonds. The van der Waals surface area contributed by atoms with Gasteiger partial charge in [-0.1, -0.05) is 60.1 Å². The molecule has 9 nitrogen and oxygen atoms in total. The molecule has 1 fully saturated rings. The standard InChI is InChI=1S/C29H25N3O6/c1-18-24(33)16-26(37-18)32-17-22(27(34)31-28(32)35)10-6-14-30-29(36)38-25-15-21-9-3-2-7-19(21)12-13-20-8-4-5-11-23(20)25/h2-5,7-9,11,17-18,24-26,33H,14-16H2,1H3,(H,30,36)(H,31,34,35)/t18-,24?,25?,26-/m1/s1/i1D. The number of alkyl carbamates (subject to hydrolysis) is 1. The van der Waals surface area contributed by atoms with Crippen molar-refractivity contribution in [2.45, 2.75) is 44.3 Å². The van der Waals surface area contributed by atoms with Gasteiger partial charge in [-0.3, -0.25) is 14.3 Å². The summed E-state index contributed by atoms with van der Waals surface area (Å²) >= 11 is 0. The van der Waals surface area contributed by atoms with Gasteiger partial charge in [-0.15, -0.1) is 0 Å². The van der Waals surface area contributed by atoms with E-state index in [-0.39, 0.29) is 25.4 Å². The van der Waals surface area contributed by atoms with Crippen LogP contribution in [-0.2, 0) is 15.9 Å². The van der Waals surface area contributed by atoms with E-state index in [0.29, 0.717) is 6.42 Å². The van der Waals surface area contributed by atoms with Crippen molar-refractivity contribution in [3.05, 3.63) is 103 Å². The molecule has 0 radical (unpaired) electrons. The van der Waals surface area contributed by atoms with Gasteiger partial charge >= 0.3 is 11.8 Å². The van der Waals surface area contributed by atoms with Crippen molar-refractivity contribution >= 4 is 6.09 Å². The molecule has 5 rings (SSSR count). The maximum atomic E-state index is 12.7. The number of nitrogens with one attached hydrogen (secondary N) is 2. The highest BCUT2D eigenvalue weighted by Gasteiger charge is 2.32. The Morgan fingerprint density at radius 2 is 2.00 bits per heavy atom. The number of fused-ring (bicyclic) bond motifs is 2. The van der Waals surface area contributed by atoms with Crippen LogP contribution >= 0.6 is 0 Å². The highest BCUT2D eigenvalue weighted by atomic mass is 16.6. The first-order valence-corrected chi connectivity index (χ1v) is 12.0. The molecule has 0 bridgehead atoms. The fourth-order valence-corrected chi connectivity index (χ4v) is 4.36. The molecule has 0 saturated carbocycles. The fraction of sp³-hybridized carbons (Fsp3) is 0.276. The van der Waals surface area contributed by atoms with Gasteiger partial charge in [-0.05, 0) is 24.6 Å². The molecule has 2 aromatic carbocycles. The van der Waals surface area contributed by atoms with Crippen molar-refractivity contribution < 1.29 is 20.7 Å². The summed E-state index contributed by atoms with van der Waals surface area (Å²) in [6.07, 6.45) is -1.86. The molecule has 2 unspecified atom stereocenters. The Labute approximate surface area is 219 Å². The van der Waals surface area contributed by atoms with Gasteiger partial charge in [0.15, 0.2) is 0 Å². The van der Waals surface area contributed by atoms with Gasteiger partial charge in [-0.25, -0.2) is 9.59 Å². The fourth-order valence-electron chi connectivity index (χ4n) is 4.36. The second kappa shape index (κ2) is 10.8. The highest BCUT2D eigenvalue weighted by molar-refractivity contribution is 5.68. The quantitative estimate of drug-likeness (QED) is 0.462. The predicted molar refractivity (Wildman–Crippen MR) is 138 cm³/mol. The third kappa shape index (κ3) is 5.40. The summed E-state index contributed by atoms with van der Waals surface area (Å²) in [5.41, 5.74) is 2.04. The lowest BCUT2D eigenvalue weighted by molar-refractivity contribution is -0.0101. The van der Waals surface area contributed by atoms with Crippen LogP contribution in [0.15, 0.2) is 64.3 Å². The third-order valence-corrected chi connectivity index (χ3v) is 6.34. The van der Waals surface area contributed by atoms with Crippen LogP contribution in [-0.4, -0.2) is 39.5 Å².